The number of thiazole rings is 1. The second-order valence-electron chi connectivity index (χ2n) is 7.25. The summed E-state index contributed by atoms with van der Waals surface area (Å²) >= 11 is 1.01. The van der Waals surface area contributed by atoms with Crippen LogP contribution in [0.15, 0.2) is 48.1 Å². The van der Waals surface area contributed by atoms with Crippen molar-refractivity contribution in [2.45, 2.75) is 12.7 Å². The molecule has 0 radical (unpaired) electrons. The Balaban J connectivity index is 1.45. The molecule has 1 aromatic carbocycles. The summed E-state index contributed by atoms with van der Waals surface area (Å²) < 4.78 is 38.5. The molecule has 0 spiro atoms. The van der Waals surface area contributed by atoms with Gasteiger partial charge in [-0.25, -0.2) is 4.98 Å². The largest absolute Gasteiger partial charge is 0.432 e. The summed E-state index contributed by atoms with van der Waals surface area (Å²) in [6, 6.07) is 8.10. The highest BCUT2D eigenvalue weighted by atomic mass is 32.1. The lowest BCUT2D eigenvalue weighted by Gasteiger charge is -2.11. The molecule has 0 aliphatic heterocycles. The number of aromatic amines is 2. The molecule has 0 fully saturated rings. The number of nitrogens with two attached hydrogens (primary N) is 1. The molecule has 0 unspecified atom stereocenters. The van der Waals surface area contributed by atoms with Crippen molar-refractivity contribution in [3.05, 3.63) is 65.2 Å². The Hall–Kier alpha value is -4.10. The predicted molar refractivity (Wildman–Crippen MR) is 120 cm³/mol. The van der Waals surface area contributed by atoms with Gasteiger partial charge in [-0.05, 0) is 24.3 Å². The normalized spacial score (nSPS) is 11.8. The number of hydrogen-bond acceptors (Lipinski definition) is 7. The second kappa shape index (κ2) is 8.35. The average Bonchev–Trinajstić information content (AvgIpc) is 3.58. The van der Waals surface area contributed by atoms with Crippen molar-refractivity contribution in [3.8, 4) is 21.8 Å². The molecule has 5 aromatic rings. The van der Waals surface area contributed by atoms with E-state index in [-0.39, 0.29) is 16.4 Å². The van der Waals surface area contributed by atoms with Crippen LogP contribution in [0.25, 0.3) is 32.7 Å². The van der Waals surface area contributed by atoms with E-state index < -0.39 is 17.8 Å². The highest BCUT2D eigenvalue weighted by Crippen LogP contribution is 2.33. The van der Waals surface area contributed by atoms with Crippen LogP contribution in [0.1, 0.15) is 21.9 Å². The summed E-state index contributed by atoms with van der Waals surface area (Å²) in [5, 5.41) is 17.8. The fourth-order valence-electron chi connectivity index (χ4n) is 3.30. The Morgan fingerprint density at radius 1 is 1.15 bits per heavy atom. The van der Waals surface area contributed by atoms with E-state index in [0.717, 1.165) is 34.0 Å². The van der Waals surface area contributed by atoms with Crippen LogP contribution >= 0.6 is 11.3 Å². The number of hydrogen-bond donors (Lipinski definition) is 4. The molecule has 0 saturated heterocycles. The van der Waals surface area contributed by atoms with Crippen molar-refractivity contribution >= 4 is 33.8 Å². The lowest BCUT2D eigenvalue weighted by Crippen LogP contribution is -2.13. The molecule has 0 aliphatic carbocycles. The fraction of sp³-hybridized carbons (Fsp3) is 0.0952. The Morgan fingerprint density at radius 2 is 2.00 bits per heavy atom. The number of rotatable bonds is 5. The van der Waals surface area contributed by atoms with Crippen LogP contribution in [-0.2, 0) is 12.7 Å². The van der Waals surface area contributed by atoms with Crippen LogP contribution in [0.2, 0.25) is 0 Å². The van der Waals surface area contributed by atoms with Gasteiger partial charge in [-0.15, -0.1) is 11.3 Å². The van der Waals surface area contributed by atoms with E-state index in [0.29, 0.717) is 23.3 Å². The molecular formula is C21H15F3N8OS. The van der Waals surface area contributed by atoms with Crippen LogP contribution in [0, 0.1) is 0 Å². The molecule has 9 nitrogen and oxygen atoms in total. The van der Waals surface area contributed by atoms with Gasteiger partial charge in [0.05, 0.1) is 23.1 Å². The number of nitrogens with one attached hydrogen (secondary N) is 3. The fourth-order valence-corrected chi connectivity index (χ4v) is 4.06. The number of carbonyl (C=O) groups is 1. The molecular weight excluding hydrogens is 469 g/mol. The van der Waals surface area contributed by atoms with Gasteiger partial charge in [0.25, 0.3) is 5.91 Å². The molecule has 5 N–H and O–H groups in total. The molecule has 0 saturated carbocycles. The minimum atomic E-state index is -4.55. The maximum absolute atomic E-state index is 12.9. The van der Waals surface area contributed by atoms with Crippen molar-refractivity contribution < 1.29 is 18.0 Å². The molecule has 1 amide bonds. The number of carbonyl (C=O) groups excluding carboxylic acids is 1. The van der Waals surface area contributed by atoms with Gasteiger partial charge in [-0.3, -0.25) is 20.0 Å². The lowest BCUT2D eigenvalue weighted by atomic mass is 10.0. The molecule has 13 heteroatoms. The maximum Gasteiger partial charge on any atom is 0.432 e. The van der Waals surface area contributed by atoms with Crippen LogP contribution < -0.4 is 11.1 Å². The van der Waals surface area contributed by atoms with Crippen LogP contribution in [0.5, 0.6) is 0 Å². The van der Waals surface area contributed by atoms with E-state index in [1.54, 1.807) is 24.5 Å². The third-order valence-electron chi connectivity index (χ3n) is 5.01. The number of halogens is 3. The van der Waals surface area contributed by atoms with Crippen molar-refractivity contribution in [1.29, 1.82) is 0 Å². The Morgan fingerprint density at radius 3 is 2.71 bits per heavy atom. The average molecular weight is 484 g/mol. The monoisotopic (exact) mass is 484 g/mol. The van der Waals surface area contributed by atoms with E-state index in [1.807, 2.05) is 17.2 Å². The zero-order valence-electron chi connectivity index (χ0n) is 17.1. The minimum absolute atomic E-state index is 0.00186. The summed E-state index contributed by atoms with van der Waals surface area (Å²) in [5.41, 5.74) is 8.06. The topological polar surface area (TPSA) is 138 Å². The van der Waals surface area contributed by atoms with E-state index in [2.05, 4.69) is 30.6 Å². The van der Waals surface area contributed by atoms with Crippen molar-refractivity contribution in [3.63, 3.8) is 0 Å². The van der Waals surface area contributed by atoms with Gasteiger partial charge in [-0.2, -0.15) is 23.4 Å². The SMILES string of the molecule is NCc1ccc(-c2cc3cn[nH]c3cc2NC(=O)c2csc(-c3cc(C(F)(F)F)[nH]n3)n2)cn1. The first-order valence-electron chi connectivity index (χ1n) is 9.84. The molecule has 0 aliphatic rings. The number of pyridine rings is 1. The third-order valence-corrected chi connectivity index (χ3v) is 5.88. The van der Waals surface area contributed by atoms with E-state index >= 15 is 0 Å². The van der Waals surface area contributed by atoms with Gasteiger partial charge in [0.15, 0.2) is 0 Å². The predicted octanol–water partition coefficient (Wildman–Crippen LogP) is 4.20. The molecule has 0 bridgehead atoms. The molecule has 4 heterocycles. The van der Waals surface area contributed by atoms with Gasteiger partial charge in [0.1, 0.15) is 22.1 Å². The van der Waals surface area contributed by atoms with Gasteiger partial charge in [0.2, 0.25) is 0 Å². The zero-order chi connectivity index (χ0) is 23.9. The zero-order valence-corrected chi connectivity index (χ0v) is 18.0. The van der Waals surface area contributed by atoms with Crippen molar-refractivity contribution in [2.75, 3.05) is 5.32 Å². The molecule has 34 heavy (non-hydrogen) atoms. The van der Waals surface area contributed by atoms with Crippen LogP contribution in [-0.4, -0.2) is 36.3 Å². The smallest absolute Gasteiger partial charge is 0.325 e. The minimum Gasteiger partial charge on any atom is -0.325 e. The van der Waals surface area contributed by atoms with Crippen LogP contribution in [0.4, 0.5) is 18.9 Å². The molecule has 172 valence electrons. The number of amides is 1. The van der Waals surface area contributed by atoms with Gasteiger partial charge >= 0.3 is 6.18 Å². The third kappa shape index (κ3) is 4.13. The number of nitrogens with zero attached hydrogens (tertiary/aromatic N) is 4. The second-order valence-corrected chi connectivity index (χ2v) is 8.11. The first kappa shape index (κ1) is 21.7. The summed E-state index contributed by atoms with van der Waals surface area (Å²) in [5.74, 6) is -0.527. The highest BCUT2D eigenvalue weighted by molar-refractivity contribution is 7.13. The number of fused-ring (bicyclic) bond motifs is 1. The van der Waals surface area contributed by atoms with E-state index in [4.69, 9.17) is 5.73 Å². The first-order chi connectivity index (χ1) is 16.3. The standard InChI is InChI=1S/C21H15F3N8OS/c22-21(23,24)18-5-16(31-32-18)20-29-17(9-34-20)19(33)28-15-4-14-11(8-27-30-14)3-13(15)10-1-2-12(6-25)26-7-10/h1-5,7-9H,6,25H2,(H,27,30)(H,28,33)(H,31,32). The number of anilines is 1. The number of benzene rings is 1. The Bertz CT molecular complexity index is 1490. The van der Waals surface area contributed by atoms with E-state index in [9.17, 15) is 18.0 Å². The molecule has 5 rings (SSSR count). The van der Waals surface area contributed by atoms with Crippen molar-refractivity contribution in [2.24, 2.45) is 5.73 Å². The Labute approximate surface area is 193 Å². The molecule has 0 atom stereocenters. The summed E-state index contributed by atoms with van der Waals surface area (Å²) in [7, 11) is 0. The van der Waals surface area contributed by atoms with Gasteiger partial charge in [-0.1, -0.05) is 6.07 Å². The maximum atomic E-state index is 12.9. The summed E-state index contributed by atoms with van der Waals surface area (Å²) in [6.07, 6.45) is -1.23. The first-order valence-corrected chi connectivity index (χ1v) is 10.7. The Kier molecular flexibility index (Phi) is 5.34. The van der Waals surface area contributed by atoms with Gasteiger partial charge in [0, 0.05) is 34.6 Å². The van der Waals surface area contributed by atoms with Crippen LogP contribution in [0.3, 0.4) is 0 Å². The molecule has 4 aromatic heterocycles. The quantitative estimate of drug-likeness (QED) is 0.295. The van der Waals surface area contributed by atoms with Crippen molar-refractivity contribution in [1.82, 2.24) is 30.4 Å². The lowest BCUT2D eigenvalue weighted by molar-refractivity contribution is -0.141. The summed E-state index contributed by atoms with van der Waals surface area (Å²) in [4.78, 5) is 21.4. The summed E-state index contributed by atoms with van der Waals surface area (Å²) in [6.45, 7) is 0.303. The number of alkyl halides is 3. The highest BCUT2D eigenvalue weighted by Gasteiger charge is 2.33. The van der Waals surface area contributed by atoms with E-state index in [1.165, 1.54) is 5.38 Å². The number of H-pyrrole nitrogens is 2. The number of aromatic nitrogens is 6. The van der Waals surface area contributed by atoms with Gasteiger partial charge < -0.3 is 11.1 Å².